The predicted octanol–water partition coefficient (Wildman–Crippen LogP) is 4.26. The summed E-state index contributed by atoms with van der Waals surface area (Å²) in [7, 11) is -3.62. The quantitative estimate of drug-likeness (QED) is 0.447. The van der Waals surface area contributed by atoms with Crippen molar-refractivity contribution in [3.8, 4) is 16.9 Å². The van der Waals surface area contributed by atoms with Gasteiger partial charge in [-0.25, -0.2) is 17.8 Å². The monoisotopic (exact) mass is 477 g/mol. The number of nitrogens with one attached hydrogen (secondary N) is 1. The van der Waals surface area contributed by atoms with Crippen LogP contribution in [0.5, 0.6) is 0 Å². The Hall–Kier alpha value is -3.46. The van der Waals surface area contributed by atoms with E-state index in [1.807, 2.05) is 15.5 Å². The Morgan fingerprint density at radius 3 is 2.50 bits per heavy atom. The first kappa shape index (κ1) is 22.3. The summed E-state index contributed by atoms with van der Waals surface area (Å²) in [5.41, 5.74) is 5.27. The van der Waals surface area contributed by atoms with E-state index >= 15 is 0 Å². The first-order valence-electron chi connectivity index (χ1n) is 11.5. The van der Waals surface area contributed by atoms with Crippen LogP contribution in [-0.2, 0) is 16.4 Å². The van der Waals surface area contributed by atoms with Gasteiger partial charge in [-0.05, 0) is 55.7 Å². The summed E-state index contributed by atoms with van der Waals surface area (Å²) in [5.74, 6) is -0.660. The zero-order valence-corrected chi connectivity index (χ0v) is 20.0. The molecule has 0 saturated heterocycles. The Balaban J connectivity index is 1.51. The van der Waals surface area contributed by atoms with E-state index in [-0.39, 0.29) is 5.56 Å². The fourth-order valence-corrected chi connectivity index (χ4v) is 5.21. The standard InChI is InChI=1S/C25H27N5O3S/c1-3-22-21-13-10-18(16-24(21)30(27-22)19-6-4-5-7-19)23-14-15-26-29(23)20-11-8-17(9-12-20)25(31)28-34(2,32)33/h8-16,19H,3-7H2,1-2H3,(H,28,31). The third kappa shape index (κ3) is 4.23. The molecular formula is C25H27N5O3S. The van der Waals surface area contributed by atoms with Gasteiger partial charge in [0.1, 0.15) is 0 Å². The van der Waals surface area contributed by atoms with Crippen molar-refractivity contribution >= 4 is 26.8 Å². The van der Waals surface area contributed by atoms with E-state index in [9.17, 15) is 13.2 Å². The molecule has 34 heavy (non-hydrogen) atoms. The molecule has 9 heteroatoms. The molecular weight excluding hydrogens is 450 g/mol. The van der Waals surface area contributed by atoms with Crippen LogP contribution in [0.3, 0.4) is 0 Å². The number of hydrogen-bond donors (Lipinski definition) is 1. The second kappa shape index (κ2) is 8.72. The topological polar surface area (TPSA) is 98.9 Å². The van der Waals surface area contributed by atoms with Gasteiger partial charge in [-0.15, -0.1) is 0 Å². The van der Waals surface area contributed by atoms with Gasteiger partial charge >= 0.3 is 0 Å². The van der Waals surface area contributed by atoms with Crippen LogP contribution in [0.1, 0.15) is 54.7 Å². The average Bonchev–Trinajstić information content (AvgIpc) is 3.57. The lowest BCUT2D eigenvalue weighted by molar-refractivity contribution is 0.0981. The predicted molar refractivity (Wildman–Crippen MR) is 131 cm³/mol. The minimum atomic E-state index is -3.62. The van der Waals surface area contributed by atoms with Gasteiger partial charge < -0.3 is 0 Å². The van der Waals surface area contributed by atoms with E-state index < -0.39 is 15.9 Å². The number of sulfonamides is 1. The summed E-state index contributed by atoms with van der Waals surface area (Å²) >= 11 is 0. The van der Waals surface area contributed by atoms with Crippen molar-refractivity contribution in [3.63, 3.8) is 0 Å². The molecule has 176 valence electrons. The number of fused-ring (bicyclic) bond motifs is 1. The number of hydrogen-bond acceptors (Lipinski definition) is 5. The molecule has 0 radical (unpaired) electrons. The van der Waals surface area contributed by atoms with E-state index in [4.69, 9.17) is 5.10 Å². The summed E-state index contributed by atoms with van der Waals surface area (Å²) in [5, 5.41) is 10.7. The smallest absolute Gasteiger partial charge is 0.264 e. The van der Waals surface area contributed by atoms with Gasteiger partial charge in [0, 0.05) is 16.5 Å². The maximum atomic E-state index is 12.1. The molecule has 2 heterocycles. The summed E-state index contributed by atoms with van der Waals surface area (Å²) in [4.78, 5) is 12.1. The molecule has 2 aromatic carbocycles. The summed E-state index contributed by atoms with van der Waals surface area (Å²) in [6.07, 6.45) is 8.43. The summed E-state index contributed by atoms with van der Waals surface area (Å²) in [6.45, 7) is 2.14. The highest BCUT2D eigenvalue weighted by atomic mass is 32.2. The molecule has 4 aromatic rings. The Bertz CT molecular complexity index is 1460. The molecule has 1 fully saturated rings. The summed E-state index contributed by atoms with van der Waals surface area (Å²) < 4.78 is 28.7. The minimum Gasteiger partial charge on any atom is -0.268 e. The number of nitrogens with zero attached hydrogens (tertiary/aromatic N) is 4. The number of aromatic nitrogens is 4. The molecule has 1 aliphatic rings. The fourth-order valence-electron chi connectivity index (χ4n) is 4.76. The Morgan fingerprint density at radius 2 is 1.82 bits per heavy atom. The summed E-state index contributed by atoms with van der Waals surface area (Å²) in [6, 6.07) is 15.5. The second-order valence-electron chi connectivity index (χ2n) is 8.79. The lowest BCUT2D eigenvalue weighted by atomic mass is 10.1. The van der Waals surface area contributed by atoms with Gasteiger partial charge in [0.2, 0.25) is 10.0 Å². The van der Waals surface area contributed by atoms with Crippen LogP contribution in [0.2, 0.25) is 0 Å². The first-order valence-corrected chi connectivity index (χ1v) is 13.4. The number of amides is 1. The van der Waals surface area contributed by atoms with Gasteiger partial charge in [0.15, 0.2) is 0 Å². The van der Waals surface area contributed by atoms with Crippen molar-refractivity contribution in [2.75, 3.05) is 6.26 Å². The lowest BCUT2D eigenvalue weighted by Crippen LogP contribution is -2.29. The van der Waals surface area contributed by atoms with Crippen LogP contribution in [-0.4, -0.2) is 40.1 Å². The fraction of sp³-hybridized carbons (Fsp3) is 0.320. The van der Waals surface area contributed by atoms with E-state index in [2.05, 4.69) is 34.9 Å². The van der Waals surface area contributed by atoms with E-state index in [1.165, 1.54) is 31.1 Å². The molecule has 5 rings (SSSR count). The van der Waals surface area contributed by atoms with Gasteiger partial charge in [-0.3, -0.25) is 9.48 Å². The maximum Gasteiger partial charge on any atom is 0.264 e. The van der Waals surface area contributed by atoms with Crippen molar-refractivity contribution in [2.24, 2.45) is 0 Å². The van der Waals surface area contributed by atoms with E-state index in [0.29, 0.717) is 6.04 Å². The normalized spacial score (nSPS) is 14.6. The lowest BCUT2D eigenvalue weighted by Gasteiger charge is -2.13. The molecule has 2 aromatic heterocycles. The molecule has 0 unspecified atom stereocenters. The molecule has 1 N–H and O–H groups in total. The maximum absolute atomic E-state index is 12.1. The van der Waals surface area contributed by atoms with Crippen molar-refractivity contribution in [1.29, 1.82) is 0 Å². The van der Waals surface area contributed by atoms with Crippen LogP contribution >= 0.6 is 0 Å². The zero-order valence-electron chi connectivity index (χ0n) is 19.2. The van der Waals surface area contributed by atoms with Crippen molar-refractivity contribution in [1.82, 2.24) is 24.3 Å². The molecule has 1 amide bonds. The van der Waals surface area contributed by atoms with Crippen LogP contribution < -0.4 is 4.72 Å². The molecule has 0 spiro atoms. The van der Waals surface area contributed by atoms with Gasteiger partial charge in [-0.2, -0.15) is 10.2 Å². The number of benzene rings is 2. The Kier molecular flexibility index (Phi) is 5.73. The van der Waals surface area contributed by atoms with Gasteiger partial charge in [-0.1, -0.05) is 31.9 Å². The average molecular weight is 478 g/mol. The Labute approximate surface area is 198 Å². The number of carbonyl (C=O) groups is 1. The molecule has 8 nitrogen and oxygen atoms in total. The molecule has 1 aliphatic carbocycles. The van der Waals surface area contributed by atoms with E-state index in [1.54, 1.807) is 30.5 Å². The largest absolute Gasteiger partial charge is 0.268 e. The number of carbonyl (C=O) groups excluding carboxylic acids is 1. The Morgan fingerprint density at radius 1 is 1.09 bits per heavy atom. The van der Waals surface area contributed by atoms with Crippen molar-refractivity contribution in [3.05, 3.63) is 66.0 Å². The third-order valence-electron chi connectivity index (χ3n) is 6.38. The highest BCUT2D eigenvalue weighted by Gasteiger charge is 2.22. The molecule has 0 bridgehead atoms. The second-order valence-corrected chi connectivity index (χ2v) is 10.5. The van der Waals surface area contributed by atoms with Crippen LogP contribution in [0.15, 0.2) is 54.7 Å². The highest BCUT2D eigenvalue weighted by molar-refractivity contribution is 7.89. The van der Waals surface area contributed by atoms with Crippen molar-refractivity contribution in [2.45, 2.75) is 45.1 Å². The first-order chi connectivity index (χ1) is 16.3. The molecule has 1 saturated carbocycles. The van der Waals surface area contributed by atoms with Crippen LogP contribution in [0, 0.1) is 0 Å². The molecule has 0 atom stereocenters. The van der Waals surface area contributed by atoms with E-state index in [0.717, 1.165) is 40.8 Å². The van der Waals surface area contributed by atoms with Gasteiger partial charge in [0.25, 0.3) is 5.91 Å². The zero-order chi connectivity index (χ0) is 23.9. The van der Waals surface area contributed by atoms with Crippen LogP contribution in [0.4, 0.5) is 0 Å². The number of aryl methyl sites for hydroxylation is 1. The third-order valence-corrected chi connectivity index (χ3v) is 6.94. The highest BCUT2D eigenvalue weighted by Crippen LogP contribution is 2.35. The van der Waals surface area contributed by atoms with Crippen molar-refractivity contribution < 1.29 is 13.2 Å². The van der Waals surface area contributed by atoms with Crippen LogP contribution in [0.25, 0.3) is 27.8 Å². The molecule has 0 aliphatic heterocycles. The SMILES string of the molecule is CCc1nn(C2CCCC2)c2cc(-c3ccnn3-c3ccc(C(=O)NS(C)(=O)=O)cc3)ccc12. The minimum absolute atomic E-state index is 0.261. The number of rotatable bonds is 6. The van der Waals surface area contributed by atoms with Gasteiger partial charge in [0.05, 0.1) is 41.1 Å².